The number of nitrogens with zero attached hydrogens (tertiary/aromatic N) is 2. The van der Waals surface area contributed by atoms with Gasteiger partial charge in [-0.25, -0.2) is 14.8 Å². The molecule has 1 saturated carbocycles. The number of carbonyl (C=O) groups excluding carboxylic acids is 1. The summed E-state index contributed by atoms with van der Waals surface area (Å²) in [6, 6.07) is 10.1. The SMILES string of the molecule is CCOC(=O)c1cnc(Cc2ccccc2)nc1C1CC1. The second-order valence-corrected chi connectivity index (χ2v) is 5.24. The molecule has 21 heavy (non-hydrogen) atoms. The van der Waals surface area contributed by atoms with Gasteiger partial charge in [-0.1, -0.05) is 30.3 Å². The first-order chi connectivity index (χ1) is 10.3. The van der Waals surface area contributed by atoms with Crippen LogP contribution in [0.1, 0.15) is 53.1 Å². The van der Waals surface area contributed by atoms with Crippen LogP contribution in [0.4, 0.5) is 0 Å². The molecule has 4 nitrogen and oxygen atoms in total. The van der Waals surface area contributed by atoms with Crippen molar-refractivity contribution in [2.75, 3.05) is 6.61 Å². The van der Waals surface area contributed by atoms with Crippen LogP contribution in [-0.4, -0.2) is 22.5 Å². The molecule has 1 aromatic carbocycles. The molecule has 0 atom stereocenters. The second kappa shape index (κ2) is 6.04. The van der Waals surface area contributed by atoms with Crippen LogP contribution in [0, 0.1) is 0 Å². The summed E-state index contributed by atoms with van der Waals surface area (Å²) >= 11 is 0. The van der Waals surface area contributed by atoms with Crippen molar-refractivity contribution in [3.8, 4) is 0 Å². The summed E-state index contributed by atoms with van der Waals surface area (Å²) in [6.45, 7) is 2.17. The Morgan fingerprint density at radius 1 is 1.29 bits per heavy atom. The summed E-state index contributed by atoms with van der Waals surface area (Å²) in [7, 11) is 0. The minimum atomic E-state index is -0.314. The van der Waals surface area contributed by atoms with Gasteiger partial charge in [-0.2, -0.15) is 0 Å². The van der Waals surface area contributed by atoms with E-state index in [0.29, 0.717) is 24.5 Å². The minimum absolute atomic E-state index is 0.314. The van der Waals surface area contributed by atoms with Crippen molar-refractivity contribution < 1.29 is 9.53 Å². The largest absolute Gasteiger partial charge is 0.462 e. The second-order valence-electron chi connectivity index (χ2n) is 5.24. The number of benzene rings is 1. The fraction of sp³-hybridized carbons (Fsp3) is 0.353. The smallest absolute Gasteiger partial charge is 0.341 e. The van der Waals surface area contributed by atoms with Crippen molar-refractivity contribution in [3.63, 3.8) is 0 Å². The Kier molecular flexibility index (Phi) is 3.95. The van der Waals surface area contributed by atoms with Crippen molar-refractivity contribution in [2.45, 2.75) is 32.1 Å². The lowest BCUT2D eigenvalue weighted by Gasteiger charge is -2.09. The monoisotopic (exact) mass is 282 g/mol. The topological polar surface area (TPSA) is 52.1 Å². The molecular weight excluding hydrogens is 264 g/mol. The van der Waals surface area contributed by atoms with Crippen LogP contribution in [0.2, 0.25) is 0 Å². The van der Waals surface area contributed by atoms with Crippen molar-refractivity contribution in [1.82, 2.24) is 9.97 Å². The van der Waals surface area contributed by atoms with E-state index >= 15 is 0 Å². The van der Waals surface area contributed by atoms with E-state index in [-0.39, 0.29) is 5.97 Å². The molecule has 0 saturated heterocycles. The van der Waals surface area contributed by atoms with E-state index in [1.807, 2.05) is 18.2 Å². The normalized spacial score (nSPS) is 14.0. The quantitative estimate of drug-likeness (QED) is 0.791. The Morgan fingerprint density at radius 2 is 2.05 bits per heavy atom. The highest BCUT2D eigenvalue weighted by atomic mass is 16.5. The van der Waals surface area contributed by atoms with Gasteiger partial charge in [0.25, 0.3) is 0 Å². The molecule has 0 unspecified atom stereocenters. The molecule has 108 valence electrons. The lowest BCUT2D eigenvalue weighted by atomic mass is 10.1. The van der Waals surface area contributed by atoms with Crippen LogP contribution in [0.3, 0.4) is 0 Å². The molecule has 4 heteroatoms. The van der Waals surface area contributed by atoms with Gasteiger partial charge < -0.3 is 4.74 Å². The maximum atomic E-state index is 12.0. The molecule has 1 heterocycles. The average molecular weight is 282 g/mol. The number of hydrogen-bond acceptors (Lipinski definition) is 4. The van der Waals surface area contributed by atoms with Crippen LogP contribution in [0.25, 0.3) is 0 Å². The number of aromatic nitrogens is 2. The van der Waals surface area contributed by atoms with Gasteiger partial charge >= 0.3 is 5.97 Å². The molecule has 0 aliphatic heterocycles. The van der Waals surface area contributed by atoms with Crippen molar-refractivity contribution in [3.05, 3.63) is 59.2 Å². The summed E-state index contributed by atoms with van der Waals surface area (Å²) in [5.74, 6) is 0.837. The summed E-state index contributed by atoms with van der Waals surface area (Å²) in [5, 5.41) is 0. The third kappa shape index (κ3) is 3.27. The predicted molar refractivity (Wildman–Crippen MR) is 79.2 cm³/mol. The molecule has 3 rings (SSSR count). The highest BCUT2D eigenvalue weighted by molar-refractivity contribution is 5.90. The first kappa shape index (κ1) is 13.7. The molecule has 0 amide bonds. The Bertz CT molecular complexity index is 636. The number of rotatable bonds is 5. The highest BCUT2D eigenvalue weighted by Gasteiger charge is 2.30. The van der Waals surface area contributed by atoms with Gasteiger partial charge in [-0.15, -0.1) is 0 Å². The summed E-state index contributed by atoms with van der Waals surface area (Å²) in [5.41, 5.74) is 2.55. The van der Waals surface area contributed by atoms with E-state index < -0.39 is 0 Å². The third-order valence-corrected chi connectivity index (χ3v) is 3.53. The maximum absolute atomic E-state index is 12.0. The van der Waals surface area contributed by atoms with Gasteiger partial charge in [0.2, 0.25) is 0 Å². The average Bonchev–Trinajstić information content (AvgIpc) is 3.33. The maximum Gasteiger partial charge on any atom is 0.341 e. The van der Waals surface area contributed by atoms with Crippen LogP contribution in [-0.2, 0) is 11.2 Å². The fourth-order valence-electron chi connectivity index (χ4n) is 2.33. The van der Waals surface area contributed by atoms with Crippen molar-refractivity contribution >= 4 is 5.97 Å². The Labute approximate surface area is 124 Å². The predicted octanol–water partition coefficient (Wildman–Crippen LogP) is 3.12. The van der Waals surface area contributed by atoms with Crippen molar-refractivity contribution in [2.24, 2.45) is 0 Å². The van der Waals surface area contributed by atoms with E-state index in [1.165, 1.54) is 5.56 Å². The van der Waals surface area contributed by atoms with E-state index in [9.17, 15) is 4.79 Å². The number of carbonyl (C=O) groups is 1. The Balaban J connectivity index is 1.87. The zero-order chi connectivity index (χ0) is 14.7. The van der Waals surface area contributed by atoms with Gasteiger partial charge in [-0.05, 0) is 25.3 Å². The molecule has 2 aromatic rings. The first-order valence-corrected chi connectivity index (χ1v) is 7.34. The Hall–Kier alpha value is -2.23. The molecule has 0 N–H and O–H groups in total. The van der Waals surface area contributed by atoms with Crippen LogP contribution in [0.5, 0.6) is 0 Å². The standard InChI is InChI=1S/C17H18N2O2/c1-2-21-17(20)14-11-18-15(19-16(14)13-8-9-13)10-12-6-4-3-5-7-12/h3-7,11,13H,2,8-10H2,1H3. The summed E-state index contributed by atoms with van der Waals surface area (Å²) < 4.78 is 5.09. The van der Waals surface area contributed by atoms with E-state index in [2.05, 4.69) is 22.1 Å². The van der Waals surface area contributed by atoms with E-state index in [4.69, 9.17) is 4.74 Å². The molecule has 0 spiro atoms. The summed E-state index contributed by atoms with van der Waals surface area (Å²) in [6.07, 6.45) is 4.49. The minimum Gasteiger partial charge on any atom is -0.462 e. The molecule has 1 aromatic heterocycles. The van der Waals surface area contributed by atoms with Gasteiger partial charge in [0.15, 0.2) is 0 Å². The Morgan fingerprint density at radius 3 is 2.71 bits per heavy atom. The van der Waals surface area contributed by atoms with E-state index in [1.54, 1.807) is 13.1 Å². The summed E-state index contributed by atoms with van der Waals surface area (Å²) in [4.78, 5) is 20.9. The van der Waals surface area contributed by atoms with Crippen LogP contribution < -0.4 is 0 Å². The highest BCUT2D eigenvalue weighted by Crippen LogP contribution is 2.40. The number of esters is 1. The van der Waals surface area contributed by atoms with Gasteiger partial charge in [-0.3, -0.25) is 0 Å². The van der Waals surface area contributed by atoms with Gasteiger partial charge in [0.1, 0.15) is 5.82 Å². The molecular formula is C17H18N2O2. The molecule has 1 aliphatic carbocycles. The van der Waals surface area contributed by atoms with E-state index in [0.717, 1.165) is 24.4 Å². The molecule has 0 radical (unpaired) electrons. The zero-order valence-electron chi connectivity index (χ0n) is 12.1. The van der Waals surface area contributed by atoms with Gasteiger partial charge in [0.05, 0.1) is 17.9 Å². The lowest BCUT2D eigenvalue weighted by molar-refractivity contribution is 0.0524. The van der Waals surface area contributed by atoms with Gasteiger partial charge in [0, 0.05) is 18.5 Å². The number of ether oxygens (including phenoxy) is 1. The van der Waals surface area contributed by atoms with Crippen LogP contribution >= 0.6 is 0 Å². The third-order valence-electron chi connectivity index (χ3n) is 3.53. The molecule has 0 bridgehead atoms. The van der Waals surface area contributed by atoms with Crippen LogP contribution in [0.15, 0.2) is 36.5 Å². The zero-order valence-corrected chi connectivity index (χ0v) is 12.1. The van der Waals surface area contributed by atoms with Crippen molar-refractivity contribution in [1.29, 1.82) is 0 Å². The molecule has 1 aliphatic rings. The molecule has 1 fully saturated rings. The first-order valence-electron chi connectivity index (χ1n) is 7.34. The fourth-order valence-corrected chi connectivity index (χ4v) is 2.33. The number of hydrogen-bond donors (Lipinski definition) is 0. The lowest BCUT2D eigenvalue weighted by Crippen LogP contribution is -2.12.